The number of likely N-dealkylation sites (tertiary alicyclic amines) is 1. The van der Waals surface area contributed by atoms with Crippen LogP contribution in [0.1, 0.15) is 42.5 Å². The average Bonchev–Trinajstić information content (AvgIpc) is 3.22. The molecule has 6 nitrogen and oxygen atoms in total. The molecule has 2 aliphatic carbocycles. The number of carbonyl (C=O) groups excluding carboxylic acids is 3. The Kier molecular flexibility index (Phi) is 4.88. The van der Waals surface area contributed by atoms with Gasteiger partial charge in [0.15, 0.2) is 0 Å². The van der Waals surface area contributed by atoms with E-state index in [4.69, 9.17) is 4.74 Å². The Labute approximate surface area is 178 Å². The Morgan fingerprint density at radius 2 is 1.72 bits per heavy atom. The van der Waals surface area contributed by atoms with Gasteiger partial charge in [0.2, 0.25) is 5.91 Å². The average molecular weight is 461 g/mol. The van der Waals surface area contributed by atoms with E-state index in [1.165, 1.54) is 12.8 Å². The van der Waals surface area contributed by atoms with Crippen LogP contribution in [0.4, 0.5) is 5.69 Å². The summed E-state index contributed by atoms with van der Waals surface area (Å²) >= 11 is 3.64. The molecule has 0 unspecified atom stereocenters. The van der Waals surface area contributed by atoms with Gasteiger partial charge in [-0.15, -0.1) is 0 Å². The van der Waals surface area contributed by atoms with E-state index >= 15 is 0 Å². The van der Waals surface area contributed by atoms with E-state index in [1.54, 1.807) is 24.3 Å². The summed E-state index contributed by atoms with van der Waals surface area (Å²) < 4.78 is 5.48. The molecule has 4 fully saturated rings. The van der Waals surface area contributed by atoms with E-state index in [2.05, 4.69) is 21.2 Å². The lowest BCUT2D eigenvalue weighted by Gasteiger charge is -2.27. The summed E-state index contributed by atoms with van der Waals surface area (Å²) in [5.41, 5.74) is 1.30. The number of amides is 2. The molecule has 1 aromatic carbocycles. The standard InChI is InChI=1S/C22H25BrN2O4/c23-18-14-11-15-17(22(28)29-19(15)18)16(14)20(26)24-13-7-5-12(6-8-13)21(27)25-9-3-1-2-4-10-25/h5-8,14-19H,1-4,9-11H2,(H,24,26)/t14-,15-,16-,17+,18-,19+/m1/s1. The van der Waals surface area contributed by atoms with Crippen LogP contribution in [0.5, 0.6) is 0 Å². The van der Waals surface area contributed by atoms with Gasteiger partial charge < -0.3 is 15.0 Å². The van der Waals surface area contributed by atoms with Gasteiger partial charge in [0, 0.05) is 30.3 Å². The molecule has 2 saturated heterocycles. The minimum absolute atomic E-state index is 0.0552. The number of fused-ring (bicyclic) bond motifs is 1. The molecule has 1 aromatic rings. The fraction of sp³-hybridized carbons (Fsp3) is 0.591. The van der Waals surface area contributed by atoms with Crippen LogP contribution in [0.25, 0.3) is 0 Å². The maximum Gasteiger partial charge on any atom is 0.310 e. The molecular formula is C22H25BrN2O4. The maximum absolute atomic E-state index is 13.0. The highest BCUT2D eigenvalue weighted by Crippen LogP contribution is 2.60. The van der Waals surface area contributed by atoms with Crippen LogP contribution in [-0.2, 0) is 14.3 Å². The second-order valence-electron chi connectivity index (χ2n) is 8.73. The molecule has 2 bridgehead atoms. The first-order valence-corrected chi connectivity index (χ1v) is 11.5. The molecule has 2 amide bonds. The van der Waals surface area contributed by atoms with Crippen molar-refractivity contribution in [1.82, 2.24) is 4.90 Å². The minimum Gasteiger partial charge on any atom is -0.461 e. The molecule has 6 atom stereocenters. The molecule has 7 heteroatoms. The Bertz CT molecular complexity index is 834. The van der Waals surface area contributed by atoms with Crippen LogP contribution >= 0.6 is 15.9 Å². The summed E-state index contributed by atoms with van der Waals surface area (Å²) in [5, 5.41) is 2.96. The third-order valence-electron chi connectivity index (χ3n) is 7.12. The van der Waals surface area contributed by atoms with Crippen LogP contribution in [0.2, 0.25) is 0 Å². The number of hydrogen-bond acceptors (Lipinski definition) is 4. The first kappa shape index (κ1) is 19.1. The van der Waals surface area contributed by atoms with Crippen LogP contribution in [0, 0.1) is 23.7 Å². The predicted molar refractivity (Wildman–Crippen MR) is 111 cm³/mol. The summed E-state index contributed by atoms with van der Waals surface area (Å²) in [7, 11) is 0. The van der Waals surface area contributed by atoms with Gasteiger partial charge in [-0.25, -0.2) is 0 Å². The molecule has 4 aliphatic rings. The molecule has 2 aliphatic heterocycles. The van der Waals surface area contributed by atoms with Crippen LogP contribution in [-0.4, -0.2) is 46.7 Å². The maximum atomic E-state index is 13.0. The van der Waals surface area contributed by atoms with Gasteiger partial charge in [0.1, 0.15) is 6.10 Å². The van der Waals surface area contributed by atoms with Crippen molar-refractivity contribution in [1.29, 1.82) is 0 Å². The van der Waals surface area contributed by atoms with Crippen LogP contribution in [0.15, 0.2) is 24.3 Å². The van der Waals surface area contributed by atoms with Crippen molar-refractivity contribution in [2.45, 2.75) is 43.0 Å². The topological polar surface area (TPSA) is 75.7 Å². The Balaban J connectivity index is 1.26. The van der Waals surface area contributed by atoms with Crippen molar-refractivity contribution in [2.75, 3.05) is 18.4 Å². The molecule has 0 aromatic heterocycles. The highest BCUT2D eigenvalue weighted by Gasteiger charge is 2.67. The molecule has 29 heavy (non-hydrogen) atoms. The molecule has 0 spiro atoms. The summed E-state index contributed by atoms with van der Waals surface area (Å²) in [5.74, 6) is -0.693. The van der Waals surface area contributed by atoms with Gasteiger partial charge in [-0.05, 0) is 49.4 Å². The molecule has 154 valence electrons. The number of anilines is 1. The van der Waals surface area contributed by atoms with Crippen molar-refractivity contribution in [3.8, 4) is 0 Å². The first-order valence-electron chi connectivity index (χ1n) is 10.6. The number of esters is 1. The Morgan fingerprint density at radius 3 is 2.41 bits per heavy atom. The smallest absolute Gasteiger partial charge is 0.310 e. The zero-order chi connectivity index (χ0) is 20.1. The minimum atomic E-state index is -0.353. The van der Waals surface area contributed by atoms with E-state index in [9.17, 15) is 14.4 Å². The molecular weight excluding hydrogens is 436 g/mol. The molecule has 5 rings (SSSR count). The monoisotopic (exact) mass is 460 g/mol. The molecule has 1 N–H and O–H groups in total. The second-order valence-corrected chi connectivity index (χ2v) is 9.79. The van der Waals surface area contributed by atoms with Gasteiger partial charge in [-0.2, -0.15) is 0 Å². The van der Waals surface area contributed by atoms with Crippen molar-refractivity contribution in [3.05, 3.63) is 29.8 Å². The normalized spacial score (nSPS) is 35.3. The SMILES string of the molecule is O=C(Nc1ccc(C(=O)N2CCCCCC2)cc1)[C@@H]1[C@H]2C[C@H]3[C@H](OC(=O)[C@@H]31)[C@@H]2Br. The molecule has 2 heterocycles. The zero-order valence-electron chi connectivity index (χ0n) is 16.2. The number of benzene rings is 1. The molecule has 2 saturated carbocycles. The van der Waals surface area contributed by atoms with Crippen molar-refractivity contribution < 1.29 is 19.1 Å². The summed E-state index contributed by atoms with van der Waals surface area (Å²) in [4.78, 5) is 39.9. The fourth-order valence-electron chi connectivity index (χ4n) is 5.71. The summed E-state index contributed by atoms with van der Waals surface area (Å²) in [6.07, 6.45) is 5.26. The highest BCUT2D eigenvalue weighted by atomic mass is 79.9. The van der Waals surface area contributed by atoms with Crippen molar-refractivity contribution in [2.24, 2.45) is 23.7 Å². The number of hydrogen-bond donors (Lipinski definition) is 1. The zero-order valence-corrected chi connectivity index (χ0v) is 17.8. The van der Waals surface area contributed by atoms with Gasteiger partial charge >= 0.3 is 5.97 Å². The lowest BCUT2D eigenvalue weighted by molar-refractivity contribution is -0.145. The van der Waals surface area contributed by atoms with E-state index in [1.807, 2.05) is 4.90 Å². The van der Waals surface area contributed by atoms with Gasteiger partial charge in [-0.1, -0.05) is 28.8 Å². The second kappa shape index (κ2) is 7.42. The third kappa shape index (κ3) is 3.18. The number of carbonyl (C=O) groups is 3. The summed E-state index contributed by atoms with van der Waals surface area (Å²) in [6, 6.07) is 7.10. The highest BCUT2D eigenvalue weighted by molar-refractivity contribution is 9.09. The number of ether oxygens (including phenoxy) is 1. The van der Waals surface area contributed by atoms with E-state index in [0.717, 1.165) is 32.4 Å². The van der Waals surface area contributed by atoms with Crippen molar-refractivity contribution >= 4 is 39.4 Å². The summed E-state index contributed by atoms with van der Waals surface area (Å²) in [6.45, 7) is 1.63. The Morgan fingerprint density at radius 1 is 1.03 bits per heavy atom. The lowest BCUT2D eigenvalue weighted by atomic mass is 9.79. The van der Waals surface area contributed by atoms with E-state index in [-0.39, 0.29) is 52.4 Å². The number of halogens is 1. The van der Waals surface area contributed by atoms with E-state index in [0.29, 0.717) is 11.3 Å². The van der Waals surface area contributed by atoms with Gasteiger partial charge in [0.05, 0.1) is 16.7 Å². The quantitative estimate of drug-likeness (QED) is 0.554. The van der Waals surface area contributed by atoms with Crippen LogP contribution < -0.4 is 5.32 Å². The Hall–Kier alpha value is -1.89. The largest absolute Gasteiger partial charge is 0.461 e. The predicted octanol–water partition coefficient (Wildman–Crippen LogP) is 3.21. The third-order valence-corrected chi connectivity index (χ3v) is 8.32. The molecule has 0 radical (unpaired) electrons. The van der Waals surface area contributed by atoms with Crippen molar-refractivity contribution in [3.63, 3.8) is 0 Å². The number of nitrogens with zero attached hydrogens (tertiary/aromatic N) is 1. The van der Waals surface area contributed by atoms with Gasteiger partial charge in [0.25, 0.3) is 5.91 Å². The van der Waals surface area contributed by atoms with Gasteiger partial charge in [-0.3, -0.25) is 14.4 Å². The number of nitrogens with one attached hydrogen (secondary N) is 1. The number of alkyl halides is 1. The fourth-order valence-corrected chi connectivity index (χ4v) is 6.75. The number of rotatable bonds is 3. The van der Waals surface area contributed by atoms with E-state index < -0.39 is 0 Å². The first-order chi connectivity index (χ1) is 14.0. The van der Waals surface area contributed by atoms with Crippen LogP contribution in [0.3, 0.4) is 0 Å². The lowest BCUT2D eigenvalue weighted by Crippen LogP contribution is -2.40.